The van der Waals surface area contributed by atoms with Crippen LogP contribution in [0.3, 0.4) is 0 Å². The van der Waals surface area contributed by atoms with Crippen LogP contribution in [-0.2, 0) is 15.9 Å². The van der Waals surface area contributed by atoms with Crippen molar-refractivity contribution >= 4 is 16.5 Å². The van der Waals surface area contributed by atoms with Gasteiger partial charge in [-0.25, -0.2) is 0 Å². The van der Waals surface area contributed by atoms with Crippen LogP contribution in [0.2, 0.25) is 0 Å². The largest absolute Gasteiger partial charge is 0.494 e. The van der Waals surface area contributed by atoms with Crippen LogP contribution in [0.4, 0.5) is 5.69 Å². The first-order chi connectivity index (χ1) is 17.8. The Morgan fingerprint density at radius 1 is 1.00 bits per heavy atom. The van der Waals surface area contributed by atoms with Gasteiger partial charge >= 0.3 is 0 Å². The van der Waals surface area contributed by atoms with E-state index in [1.165, 1.54) is 4.57 Å². The molecule has 2 bridgehead atoms. The van der Waals surface area contributed by atoms with E-state index in [0.717, 1.165) is 35.1 Å². The average molecular weight is 496 g/mol. The summed E-state index contributed by atoms with van der Waals surface area (Å²) in [6.07, 6.45) is 2.00. The second-order valence-corrected chi connectivity index (χ2v) is 10.3. The Balaban J connectivity index is 1.39. The van der Waals surface area contributed by atoms with Crippen molar-refractivity contribution in [2.24, 2.45) is 0 Å². The van der Waals surface area contributed by atoms with E-state index in [0.29, 0.717) is 35.4 Å². The van der Waals surface area contributed by atoms with Crippen molar-refractivity contribution in [2.75, 3.05) is 25.6 Å². The summed E-state index contributed by atoms with van der Waals surface area (Å²) >= 11 is 0. The van der Waals surface area contributed by atoms with E-state index in [2.05, 4.69) is 6.07 Å². The lowest BCUT2D eigenvalue weighted by atomic mass is 9.78. The zero-order chi connectivity index (χ0) is 25.9. The van der Waals surface area contributed by atoms with Crippen LogP contribution in [0.5, 0.6) is 17.5 Å². The van der Waals surface area contributed by atoms with Gasteiger partial charge in [0.25, 0.3) is 0 Å². The molecule has 2 aliphatic heterocycles. The summed E-state index contributed by atoms with van der Waals surface area (Å²) in [5, 5.41) is 34.2. The number of nitriles is 1. The minimum atomic E-state index is -0.752. The van der Waals surface area contributed by atoms with Crippen molar-refractivity contribution in [1.82, 2.24) is 4.57 Å². The van der Waals surface area contributed by atoms with Gasteiger partial charge in [0.05, 0.1) is 40.7 Å². The standard InChI is InChI=1S/C30H29N3O4/c1-29-13-14-30(37-29,15-16-36-21-8-6-7-20(17-21)32(2)3)26-25(29)27(34)33(28(26)35)24-12-11-19(18-31)22-9-4-5-10-23(22)24/h4-12,17,34-35H,13-16H2,1-3H3/t29-,30-/m0/s1. The summed E-state index contributed by atoms with van der Waals surface area (Å²) in [5.74, 6) is 0.724. The smallest absolute Gasteiger partial charge is 0.205 e. The van der Waals surface area contributed by atoms with Crippen LogP contribution in [0.1, 0.15) is 42.9 Å². The molecule has 1 saturated heterocycles. The van der Waals surface area contributed by atoms with Crippen LogP contribution in [-0.4, -0.2) is 35.5 Å². The quantitative estimate of drug-likeness (QED) is 0.358. The van der Waals surface area contributed by atoms with Crippen molar-refractivity contribution in [1.29, 1.82) is 5.26 Å². The third kappa shape index (κ3) is 3.36. The number of fused-ring (bicyclic) bond motifs is 6. The van der Waals surface area contributed by atoms with Gasteiger partial charge in [-0.2, -0.15) is 5.26 Å². The van der Waals surface area contributed by atoms with Crippen molar-refractivity contribution in [3.05, 3.63) is 77.4 Å². The fraction of sp³-hybridized carbons (Fsp3) is 0.300. The molecule has 0 unspecified atom stereocenters. The number of benzene rings is 3. The van der Waals surface area contributed by atoms with Crippen molar-refractivity contribution < 1.29 is 19.7 Å². The Bertz CT molecular complexity index is 1580. The average Bonchev–Trinajstić information content (AvgIpc) is 3.48. The van der Waals surface area contributed by atoms with Gasteiger partial charge in [-0.05, 0) is 44.0 Å². The van der Waals surface area contributed by atoms with Gasteiger partial charge in [0.15, 0.2) is 0 Å². The number of aromatic nitrogens is 1. The molecule has 0 radical (unpaired) electrons. The monoisotopic (exact) mass is 495 g/mol. The molecule has 3 aromatic carbocycles. The van der Waals surface area contributed by atoms with Crippen LogP contribution in [0, 0.1) is 11.3 Å². The lowest BCUT2D eigenvalue weighted by Gasteiger charge is -2.26. The Kier molecular flexibility index (Phi) is 5.15. The molecular formula is C30H29N3O4. The van der Waals surface area contributed by atoms with Crippen LogP contribution in [0.15, 0.2) is 60.7 Å². The van der Waals surface area contributed by atoms with Crippen LogP contribution in [0.25, 0.3) is 16.5 Å². The van der Waals surface area contributed by atoms with E-state index in [9.17, 15) is 15.5 Å². The van der Waals surface area contributed by atoms with Gasteiger partial charge in [0, 0.05) is 43.0 Å². The molecule has 188 valence electrons. The molecule has 0 saturated carbocycles. The van der Waals surface area contributed by atoms with Gasteiger partial charge < -0.3 is 24.6 Å². The van der Waals surface area contributed by atoms with Crippen molar-refractivity contribution in [3.63, 3.8) is 0 Å². The highest BCUT2D eigenvalue weighted by Crippen LogP contribution is 2.65. The lowest BCUT2D eigenvalue weighted by Crippen LogP contribution is -2.25. The zero-order valence-electron chi connectivity index (χ0n) is 21.2. The van der Waals surface area contributed by atoms with E-state index < -0.39 is 11.2 Å². The second-order valence-electron chi connectivity index (χ2n) is 10.3. The molecule has 2 atom stereocenters. The van der Waals surface area contributed by atoms with E-state index in [4.69, 9.17) is 9.47 Å². The zero-order valence-corrected chi connectivity index (χ0v) is 21.2. The number of nitrogens with zero attached hydrogens (tertiary/aromatic N) is 3. The molecule has 37 heavy (non-hydrogen) atoms. The second kappa shape index (κ2) is 8.19. The molecule has 2 N–H and O–H groups in total. The van der Waals surface area contributed by atoms with Gasteiger partial charge in [-0.3, -0.25) is 4.57 Å². The first kappa shape index (κ1) is 23.3. The summed E-state index contributed by atoms with van der Waals surface area (Å²) in [6.45, 7) is 2.37. The van der Waals surface area contributed by atoms with Crippen molar-refractivity contribution in [3.8, 4) is 29.3 Å². The number of hydrogen-bond acceptors (Lipinski definition) is 6. The molecule has 6 rings (SSSR count). The topological polar surface area (TPSA) is 90.9 Å². The molecular weight excluding hydrogens is 466 g/mol. The number of hydrogen-bond donors (Lipinski definition) is 2. The molecule has 7 heteroatoms. The SMILES string of the molecule is CN(C)c1cccc(OCC[C@]23CC[C@](C)(O2)c2c3c(O)n(-c3ccc(C#N)c4ccccc34)c2O)c1. The summed E-state index contributed by atoms with van der Waals surface area (Å²) < 4.78 is 14.2. The lowest BCUT2D eigenvalue weighted by molar-refractivity contribution is -0.0876. The minimum absolute atomic E-state index is 0.0222. The molecule has 4 aromatic rings. The molecule has 2 aliphatic rings. The number of ether oxygens (including phenoxy) is 2. The fourth-order valence-corrected chi connectivity index (χ4v) is 6.10. The Hall–Kier alpha value is -4.15. The fourth-order valence-electron chi connectivity index (χ4n) is 6.10. The van der Waals surface area contributed by atoms with Crippen LogP contribution < -0.4 is 9.64 Å². The molecule has 7 nitrogen and oxygen atoms in total. The third-order valence-corrected chi connectivity index (χ3v) is 7.90. The Labute approximate surface area is 215 Å². The maximum absolute atomic E-state index is 11.6. The first-order valence-corrected chi connectivity index (χ1v) is 12.5. The molecule has 3 heterocycles. The number of aromatic hydroxyl groups is 2. The highest BCUT2D eigenvalue weighted by molar-refractivity contribution is 5.95. The predicted octanol–water partition coefficient (Wildman–Crippen LogP) is 5.68. The maximum atomic E-state index is 11.6. The number of rotatable bonds is 6. The number of anilines is 1. The Morgan fingerprint density at radius 3 is 2.51 bits per heavy atom. The van der Waals surface area contributed by atoms with E-state index in [1.54, 1.807) is 12.1 Å². The van der Waals surface area contributed by atoms with E-state index in [-0.39, 0.29) is 11.8 Å². The summed E-state index contributed by atoms with van der Waals surface area (Å²) in [5.41, 5.74) is 2.04. The van der Waals surface area contributed by atoms with Gasteiger partial charge in [0.2, 0.25) is 11.8 Å². The van der Waals surface area contributed by atoms with Crippen molar-refractivity contribution in [2.45, 2.75) is 37.4 Å². The summed E-state index contributed by atoms with van der Waals surface area (Å²) in [4.78, 5) is 2.02. The van der Waals surface area contributed by atoms with Gasteiger partial charge in [-0.1, -0.05) is 30.3 Å². The highest BCUT2D eigenvalue weighted by Gasteiger charge is 2.61. The van der Waals surface area contributed by atoms with Crippen LogP contribution >= 0.6 is 0 Å². The molecule has 1 fully saturated rings. The predicted molar refractivity (Wildman–Crippen MR) is 142 cm³/mol. The molecule has 0 spiro atoms. The Morgan fingerprint density at radius 2 is 1.76 bits per heavy atom. The van der Waals surface area contributed by atoms with E-state index in [1.807, 2.05) is 74.4 Å². The minimum Gasteiger partial charge on any atom is -0.494 e. The van der Waals surface area contributed by atoms with Gasteiger partial charge in [0.1, 0.15) is 11.4 Å². The molecule has 1 aromatic heterocycles. The molecule has 0 aliphatic carbocycles. The normalized spacial score (nSPS) is 21.7. The first-order valence-electron chi connectivity index (χ1n) is 12.5. The third-order valence-electron chi connectivity index (χ3n) is 7.90. The van der Waals surface area contributed by atoms with E-state index >= 15 is 0 Å². The summed E-state index contributed by atoms with van der Waals surface area (Å²) in [6, 6.07) is 21.2. The highest BCUT2D eigenvalue weighted by atomic mass is 16.5. The summed E-state index contributed by atoms with van der Waals surface area (Å²) in [7, 11) is 3.98. The molecule has 0 amide bonds. The van der Waals surface area contributed by atoms with Gasteiger partial charge in [-0.15, -0.1) is 0 Å². The maximum Gasteiger partial charge on any atom is 0.205 e.